The molecule has 0 aliphatic carbocycles. The lowest BCUT2D eigenvalue weighted by molar-refractivity contribution is 0.0973. The van der Waals surface area contributed by atoms with Crippen LogP contribution >= 0.6 is 0 Å². The highest BCUT2D eigenvalue weighted by molar-refractivity contribution is 5.66. The molecule has 1 aliphatic heterocycles. The fourth-order valence-corrected chi connectivity index (χ4v) is 2.76. The molecule has 1 saturated heterocycles. The number of amides is 1. The average Bonchev–Trinajstić information content (AvgIpc) is 2.38. The molecule has 1 fully saturated rings. The molecule has 19 heavy (non-hydrogen) atoms. The molecule has 5 heteroatoms. The third-order valence-corrected chi connectivity index (χ3v) is 3.85. The minimum atomic E-state index is -0.914. The van der Waals surface area contributed by atoms with E-state index in [1.807, 2.05) is 14.0 Å². The lowest BCUT2D eigenvalue weighted by Crippen LogP contribution is -2.45. The number of aryl methyl sites for hydroxylation is 1. The molecule has 0 unspecified atom stereocenters. The minimum Gasteiger partial charge on any atom is -0.465 e. The summed E-state index contributed by atoms with van der Waals surface area (Å²) in [7, 11) is 1.88. The number of benzene rings is 1. The Bertz CT molecular complexity index is 479. The van der Waals surface area contributed by atoms with Crippen molar-refractivity contribution in [1.29, 1.82) is 0 Å². The summed E-state index contributed by atoms with van der Waals surface area (Å²) in [5, 5.41) is 12.5. The highest BCUT2D eigenvalue weighted by Gasteiger charge is 2.32. The maximum absolute atomic E-state index is 13.2. The van der Waals surface area contributed by atoms with Gasteiger partial charge in [0.15, 0.2) is 0 Å². The molecule has 0 spiro atoms. The van der Waals surface area contributed by atoms with Crippen LogP contribution in [-0.4, -0.2) is 35.7 Å². The quantitative estimate of drug-likeness (QED) is 0.865. The molecule has 2 N–H and O–H groups in total. The summed E-state index contributed by atoms with van der Waals surface area (Å²) >= 11 is 0. The van der Waals surface area contributed by atoms with Crippen molar-refractivity contribution >= 4 is 6.09 Å². The second-order valence-electron chi connectivity index (χ2n) is 5.00. The molecule has 0 saturated carbocycles. The van der Waals surface area contributed by atoms with Crippen molar-refractivity contribution in [3.63, 3.8) is 0 Å². The van der Waals surface area contributed by atoms with Gasteiger partial charge in [-0.3, -0.25) is 0 Å². The minimum absolute atomic E-state index is 0.204. The van der Waals surface area contributed by atoms with Crippen LogP contribution < -0.4 is 5.32 Å². The Morgan fingerprint density at radius 2 is 2.26 bits per heavy atom. The van der Waals surface area contributed by atoms with E-state index >= 15 is 0 Å². The van der Waals surface area contributed by atoms with E-state index in [1.54, 1.807) is 6.07 Å². The van der Waals surface area contributed by atoms with E-state index in [1.165, 1.54) is 17.0 Å². The van der Waals surface area contributed by atoms with Gasteiger partial charge in [0.25, 0.3) is 0 Å². The lowest BCUT2D eigenvalue weighted by Gasteiger charge is -2.38. The van der Waals surface area contributed by atoms with Crippen molar-refractivity contribution in [1.82, 2.24) is 10.2 Å². The molecule has 0 bridgehead atoms. The van der Waals surface area contributed by atoms with E-state index in [4.69, 9.17) is 0 Å². The third kappa shape index (κ3) is 2.87. The van der Waals surface area contributed by atoms with E-state index < -0.39 is 6.09 Å². The molecule has 1 aliphatic rings. The Labute approximate surface area is 112 Å². The van der Waals surface area contributed by atoms with Gasteiger partial charge >= 0.3 is 6.09 Å². The number of nitrogens with zero attached hydrogens (tertiary/aromatic N) is 1. The number of likely N-dealkylation sites (tertiary alicyclic amines) is 1. The van der Waals surface area contributed by atoms with Crippen LogP contribution in [0, 0.1) is 12.7 Å². The standard InChI is InChI=1S/C14H19FN2O2/c1-9-7-10(15)3-4-12(9)13-8-11(16-2)5-6-17(13)14(18)19/h3-4,7,11,13,16H,5-6,8H2,1-2H3,(H,18,19)/t11-,13+/m0/s1. The topological polar surface area (TPSA) is 52.6 Å². The SMILES string of the molecule is CN[C@H]1CCN(C(=O)O)[C@@H](c2ccc(F)cc2C)C1. The summed E-state index contributed by atoms with van der Waals surface area (Å²) in [6, 6.07) is 4.64. The average molecular weight is 266 g/mol. The molecule has 104 valence electrons. The van der Waals surface area contributed by atoms with E-state index in [2.05, 4.69) is 5.32 Å². The maximum Gasteiger partial charge on any atom is 0.407 e. The maximum atomic E-state index is 13.2. The first-order valence-electron chi connectivity index (χ1n) is 6.45. The van der Waals surface area contributed by atoms with Crippen LogP contribution in [0.4, 0.5) is 9.18 Å². The zero-order valence-electron chi connectivity index (χ0n) is 11.2. The number of carboxylic acid groups (broad SMARTS) is 1. The Hall–Kier alpha value is -1.62. The highest BCUT2D eigenvalue weighted by Crippen LogP contribution is 2.33. The van der Waals surface area contributed by atoms with Gasteiger partial charge in [0, 0.05) is 12.6 Å². The zero-order chi connectivity index (χ0) is 14.0. The molecule has 0 aromatic heterocycles. The van der Waals surface area contributed by atoms with Gasteiger partial charge < -0.3 is 15.3 Å². The summed E-state index contributed by atoms with van der Waals surface area (Å²) in [6.07, 6.45) is 0.609. The number of piperidine rings is 1. The summed E-state index contributed by atoms with van der Waals surface area (Å²) in [4.78, 5) is 12.8. The van der Waals surface area contributed by atoms with Crippen molar-refractivity contribution in [2.45, 2.75) is 31.8 Å². The number of nitrogens with one attached hydrogen (secondary N) is 1. The third-order valence-electron chi connectivity index (χ3n) is 3.85. The first kappa shape index (κ1) is 13.8. The van der Waals surface area contributed by atoms with Gasteiger partial charge in [0.2, 0.25) is 0 Å². The molecular formula is C14H19FN2O2. The van der Waals surface area contributed by atoms with Crippen LogP contribution in [0.2, 0.25) is 0 Å². The molecule has 1 aromatic carbocycles. The van der Waals surface area contributed by atoms with E-state index in [0.29, 0.717) is 12.6 Å². The molecule has 1 heterocycles. The van der Waals surface area contributed by atoms with Gasteiger partial charge in [-0.15, -0.1) is 0 Å². The number of rotatable bonds is 2. The largest absolute Gasteiger partial charge is 0.465 e. The fourth-order valence-electron chi connectivity index (χ4n) is 2.76. The first-order chi connectivity index (χ1) is 9.02. The number of carbonyl (C=O) groups is 1. The van der Waals surface area contributed by atoms with Crippen LogP contribution in [0.15, 0.2) is 18.2 Å². The molecule has 4 nitrogen and oxygen atoms in total. The summed E-state index contributed by atoms with van der Waals surface area (Å²) < 4.78 is 13.2. The van der Waals surface area contributed by atoms with Crippen LogP contribution in [0.5, 0.6) is 0 Å². The van der Waals surface area contributed by atoms with Crippen LogP contribution in [0.1, 0.15) is 30.0 Å². The van der Waals surface area contributed by atoms with Crippen molar-refractivity contribution in [2.24, 2.45) is 0 Å². The monoisotopic (exact) mass is 266 g/mol. The Morgan fingerprint density at radius 3 is 2.84 bits per heavy atom. The van der Waals surface area contributed by atoms with Gasteiger partial charge in [-0.1, -0.05) is 6.07 Å². The van der Waals surface area contributed by atoms with Gasteiger partial charge in [0.05, 0.1) is 6.04 Å². The Morgan fingerprint density at radius 1 is 1.53 bits per heavy atom. The summed E-state index contributed by atoms with van der Waals surface area (Å²) in [5.74, 6) is -0.288. The van der Waals surface area contributed by atoms with Crippen LogP contribution in [-0.2, 0) is 0 Å². The molecule has 2 rings (SSSR count). The first-order valence-corrected chi connectivity index (χ1v) is 6.45. The molecule has 1 aromatic rings. The lowest BCUT2D eigenvalue weighted by atomic mass is 9.90. The molecular weight excluding hydrogens is 247 g/mol. The number of halogens is 1. The predicted molar refractivity (Wildman–Crippen MR) is 70.7 cm³/mol. The van der Waals surface area contributed by atoms with Gasteiger partial charge in [0.1, 0.15) is 5.82 Å². The molecule has 1 amide bonds. The molecule has 2 atom stereocenters. The molecule has 0 radical (unpaired) electrons. The van der Waals surface area contributed by atoms with Crippen molar-refractivity contribution in [3.8, 4) is 0 Å². The predicted octanol–water partition coefficient (Wildman–Crippen LogP) is 2.54. The van der Waals surface area contributed by atoms with Crippen molar-refractivity contribution in [2.75, 3.05) is 13.6 Å². The second-order valence-corrected chi connectivity index (χ2v) is 5.00. The smallest absolute Gasteiger partial charge is 0.407 e. The normalized spacial score (nSPS) is 23.4. The fraction of sp³-hybridized carbons (Fsp3) is 0.500. The van der Waals surface area contributed by atoms with Gasteiger partial charge in [-0.2, -0.15) is 0 Å². The second kappa shape index (κ2) is 5.57. The van der Waals surface area contributed by atoms with E-state index in [9.17, 15) is 14.3 Å². The summed E-state index contributed by atoms with van der Waals surface area (Å²) in [6.45, 7) is 2.32. The van der Waals surface area contributed by atoms with Crippen LogP contribution in [0.3, 0.4) is 0 Å². The Kier molecular flexibility index (Phi) is 4.04. The van der Waals surface area contributed by atoms with E-state index in [-0.39, 0.29) is 11.9 Å². The Balaban J connectivity index is 2.33. The zero-order valence-corrected chi connectivity index (χ0v) is 11.2. The highest BCUT2D eigenvalue weighted by atomic mass is 19.1. The van der Waals surface area contributed by atoms with Crippen LogP contribution in [0.25, 0.3) is 0 Å². The summed E-state index contributed by atoms with van der Waals surface area (Å²) in [5.41, 5.74) is 1.69. The van der Waals surface area contributed by atoms with Gasteiger partial charge in [-0.25, -0.2) is 9.18 Å². The number of hydrogen-bond donors (Lipinski definition) is 2. The number of hydrogen-bond acceptors (Lipinski definition) is 2. The van der Waals surface area contributed by atoms with Crippen molar-refractivity contribution in [3.05, 3.63) is 35.1 Å². The van der Waals surface area contributed by atoms with Gasteiger partial charge in [-0.05, 0) is 50.1 Å². The van der Waals surface area contributed by atoms with E-state index in [0.717, 1.165) is 24.0 Å². The van der Waals surface area contributed by atoms with Crippen molar-refractivity contribution < 1.29 is 14.3 Å².